The van der Waals surface area contributed by atoms with E-state index in [0.29, 0.717) is 19.3 Å². The Morgan fingerprint density at radius 3 is 2.30 bits per heavy atom. The number of aryl methyl sites for hydroxylation is 1. The minimum absolute atomic E-state index is 0.0138. The highest BCUT2D eigenvalue weighted by Gasteiger charge is 2.11. The molecule has 2 aromatic carbocycles. The zero-order valence-electron chi connectivity index (χ0n) is 13.6. The van der Waals surface area contributed by atoms with E-state index in [1.165, 1.54) is 0 Å². The number of nitrogens with zero attached hydrogens (tertiary/aromatic N) is 1. The maximum absolute atomic E-state index is 12.1. The van der Waals surface area contributed by atoms with Crippen LogP contribution < -0.4 is 10.2 Å². The molecule has 2 rings (SSSR count). The highest BCUT2D eigenvalue weighted by Crippen LogP contribution is 2.15. The van der Waals surface area contributed by atoms with E-state index < -0.39 is 0 Å². The van der Waals surface area contributed by atoms with Gasteiger partial charge >= 0.3 is 0 Å². The SMILES string of the molecule is Cc1ccccc1NC(=O)CCCC(=O)N(C)c1ccccc1. The number of rotatable bonds is 6. The molecule has 0 saturated heterocycles. The predicted octanol–water partition coefficient (Wildman–Crippen LogP) is 3.77. The maximum Gasteiger partial charge on any atom is 0.226 e. The van der Waals surface area contributed by atoms with Gasteiger partial charge in [-0.3, -0.25) is 9.59 Å². The second-order valence-electron chi connectivity index (χ2n) is 5.50. The Bertz CT molecular complexity index is 668. The van der Waals surface area contributed by atoms with Gasteiger partial charge in [-0.1, -0.05) is 36.4 Å². The highest BCUT2D eigenvalue weighted by molar-refractivity contribution is 5.94. The van der Waals surface area contributed by atoms with Gasteiger partial charge in [-0.25, -0.2) is 0 Å². The van der Waals surface area contributed by atoms with Gasteiger partial charge in [-0.05, 0) is 37.1 Å². The lowest BCUT2D eigenvalue weighted by atomic mass is 10.1. The molecule has 0 fully saturated rings. The second-order valence-corrected chi connectivity index (χ2v) is 5.50. The van der Waals surface area contributed by atoms with Gasteiger partial charge in [-0.2, -0.15) is 0 Å². The highest BCUT2D eigenvalue weighted by atomic mass is 16.2. The quantitative estimate of drug-likeness (QED) is 0.883. The van der Waals surface area contributed by atoms with Crippen molar-refractivity contribution in [3.63, 3.8) is 0 Å². The summed E-state index contributed by atoms with van der Waals surface area (Å²) >= 11 is 0. The Morgan fingerprint density at radius 1 is 0.957 bits per heavy atom. The van der Waals surface area contributed by atoms with E-state index in [0.717, 1.165) is 16.9 Å². The van der Waals surface area contributed by atoms with E-state index in [4.69, 9.17) is 0 Å². The van der Waals surface area contributed by atoms with Crippen molar-refractivity contribution >= 4 is 23.2 Å². The summed E-state index contributed by atoms with van der Waals surface area (Å²) in [5, 5.41) is 2.88. The third-order valence-electron chi connectivity index (χ3n) is 3.73. The van der Waals surface area contributed by atoms with Crippen molar-refractivity contribution < 1.29 is 9.59 Å². The minimum atomic E-state index is -0.0607. The molecule has 0 radical (unpaired) electrons. The molecule has 4 heteroatoms. The van der Waals surface area contributed by atoms with Crippen molar-refractivity contribution in [3.05, 3.63) is 60.2 Å². The van der Waals surface area contributed by atoms with Crippen LogP contribution in [0.5, 0.6) is 0 Å². The maximum atomic E-state index is 12.1. The molecule has 2 aromatic rings. The first-order valence-electron chi connectivity index (χ1n) is 7.75. The van der Waals surface area contributed by atoms with Crippen LogP contribution in [0.1, 0.15) is 24.8 Å². The van der Waals surface area contributed by atoms with E-state index in [9.17, 15) is 9.59 Å². The number of carbonyl (C=O) groups excluding carboxylic acids is 2. The summed E-state index contributed by atoms with van der Waals surface area (Å²) in [6.45, 7) is 1.95. The van der Waals surface area contributed by atoms with Crippen LogP contribution in [0.15, 0.2) is 54.6 Å². The number of hydrogen-bond donors (Lipinski definition) is 1. The zero-order valence-corrected chi connectivity index (χ0v) is 13.6. The molecule has 0 atom stereocenters. The zero-order chi connectivity index (χ0) is 16.7. The Balaban J connectivity index is 1.77. The van der Waals surface area contributed by atoms with Crippen molar-refractivity contribution in [1.29, 1.82) is 0 Å². The summed E-state index contributed by atoms with van der Waals surface area (Å²) in [4.78, 5) is 25.7. The molecule has 23 heavy (non-hydrogen) atoms. The van der Waals surface area contributed by atoms with Crippen LogP contribution in [0.25, 0.3) is 0 Å². The number of nitrogens with one attached hydrogen (secondary N) is 1. The first kappa shape index (κ1) is 16.7. The fraction of sp³-hybridized carbons (Fsp3) is 0.263. The lowest BCUT2D eigenvalue weighted by molar-refractivity contribution is -0.118. The van der Waals surface area contributed by atoms with E-state index in [1.807, 2.05) is 61.5 Å². The molecular weight excluding hydrogens is 288 g/mol. The van der Waals surface area contributed by atoms with E-state index in [-0.39, 0.29) is 11.8 Å². The largest absolute Gasteiger partial charge is 0.326 e. The number of carbonyl (C=O) groups is 2. The molecule has 0 spiro atoms. The average molecular weight is 310 g/mol. The van der Waals surface area contributed by atoms with Crippen molar-refractivity contribution in [2.75, 3.05) is 17.3 Å². The molecule has 0 aliphatic carbocycles. The minimum Gasteiger partial charge on any atom is -0.326 e. The van der Waals surface area contributed by atoms with Gasteiger partial charge in [0.25, 0.3) is 0 Å². The average Bonchev–Trinajstić information content (AvgIpc) is 2.57. The molecule has 4 nitrogen and oxygen atoms in total. The van der Waals surface area contributed by atoms with Crippen molar-refractivity contribution in [2.45, 2.75) is 26.2 Å². The van der Waals surface area contributed by atoms with Gasteiger partial charge in [0.2, 0.25) is 11.8 Å². The predicted molar refractivity (Wildman–Crippen MR) is 93.5 cm³/mol. The van der Waals surface area contributed by atoms with E-state index in [2.05, 4.69) is 5.32 Å². The third kappa shape index (κ3) is 4.95. The summed E-state index contributed by atoms with van der Waals surface area (Å²) in [6.07, 6.45) is 1.23. The molecule has 0 aliphatic heterocycles. The standard InChI is InChI=1S/C19H22N2O2/c1-15-9-6-7-12-17(15)20-18(22)13-8-14-19(23)21(2)16-10-4-3-5-11-16/h3-7,9-12H,8,13-14H2,1-2H3,(H,20,22). The second kappa shape index (κ2) is 8.13. The number of hydrogen-bond acceptors (Lipinski definition) is 2. The van der Waals surface area contributed by atoms with Gasteiger partial charge < -0.3 is 10.2 Å². The van der Waals surface area contributed by atoms with Crippen molar-refractivity contribution in [3.8, 4) is 0 Å². The van der Waals surface area contributed by atoms with Crippen molar-refractivity contribution in [2.24, 2.45) is 0 Å². The van der Waals surface area contributed by atoms with Crippen molar-refractivity contribution in [1.82, 2.24) is 0 Å². The Kier molecular flexibility index (Phi) is 5.92. The third-order valence-corrected chi connectivity index (χ3v) is 3.73. The molecule has 0 aliphatic rings. The monoisotopic (exact) mass is 310 g/mol. The fourth-order valence-corrected chi connectivity index (χ4v) is 2.29. The molecule has 0 saturated carbocycles. The van der Waals surface area contributed by atoms with Gasteiger partial charge in [0.05, 0.1) is 0 Å². The molecule has 2 amide bonds. The lowest BCUT2D eigenvalue weighted by Gasteiger charge is -2.17. The summed E-state index contributed by atoms with van der Waals surface area (Å²) < 4.78 is 0. The first-order valence-corrected chi connectivity index (χ1v) is 7.75. The Hall–Kier alpha value is -2.62. The number of anilines is 2. The summed E-state index contributed by atoms with van der Waals surface area (Å²) in [5.41, 5.74) is 2.72. The van der Waals surface area contributed by atoms with Gasteiger partial charge in [0.15, 0.2) is 0 Å². The van der Waals surface area contributed by atoms with Crippen LogP contribution in [0.3, 0.4) is 0 Å². The summed E-state index contributed by atoms with van der Waals surface area (Å²) in [5.74, 6) is -0.0469. The topological polar surface area (TPSA) is 49.4 Å². The molecule has 1 N–H and O–H groups in total. The molecule has 0 bridgehead atoms. The van der Waals surface area contributed by atoms with Gasteiger partial charge in [0, 0.05) is 31.3 Å². The molecule has 120 valence electrons. The molecule has 0 aromatic heterocycles. The summed E-state index contributed by atoms with van der Waals surface area (Å²) in [6, 6.07) is 17.1. The summed E-state index contributed by atoms with van der Waals surface area (Å²) in [7, 11) is 1.76. The fourth-order valence-electron chi connectivity index (χ4n) is 2.29. The van der Waals surface area contributed by atoms with Crippen LogP contribution in [0, 0.1) is 6.92 Å². The molecule has 0 heterocycles. The van der Waals surface area contributed by atoms with Gasteiger partial charge in [0.1, 0.15) is 0 Å². The van der Waals surface area contributed by atoms with E-state index >= 15 is 0 Å². The normalized spacial score (nSPS) is 10.2. The Labute approximate surface area is 137 Å². The van der Waals surface area contributed by atoms with Gasteiger partial charge in [-0.15, -0.1) is 0 Å². The lowest BCUT2D eigenvalue weighted by Crippen LogP contribution is -2.26. The number of amides is 2. The van der Waals surface area contributed by atoms with Crippen LogP contribution >= 0.6 is 0 Å². The molecular formula is C19H22N2O2. The number of benzene rings is 2. The van der Waals surface area contributed by atoms with Crippen LogP contribution in [-0.4, -0.2) is 18.9 Å². The Morgan fingerprint density at radius 2 is 1.61 bits per heavy atom. The van der Waals surface area contributed by atoms with Crippen LogP contribution in [0.2, 0.25) is 0 Å². The van der Waals surface area contributed by atoms with E-state index in [1.54, 1.807) is 11.9 Å². The number of para-hydroxylation sites is 2. The van der Waals surface area contributed by atoms with Crippen LogP contribution in [-0.2, 0) is 9.59 Å². The molecule has 0 unspecified atom stereocenters. The van der Waals surface area contributed by atoms with Crippen LogP contribution in [0.4, 0.5) is 11.4 Å². The smallest absolute Gasteiger partial charge is 0.226 e. The first-order chi connectivity index (χ1) is 11.1.